The van der Waals surface area contributed by atoms with Gasteiger partial charge < -0.3 is 14.7 Å². The van der Waals surface area contributed by atoms with Gasteiger partial charge in [-0.2, -0.15) is 0 Å². The predicted molar refractivity (Wildman–Crippen MR) is 70.7 cm³/mol. The average molecular weight is 270 g/mol. The number of likely N-dealkylation sites (N-methyl/N-ethyl adjacent to an activating group) is 1. The van der Waals surface area contributed by atoms with Gasteiger partial charge in [0.25, 0.3) is 0 Å². The number of thiazole rings is 1. The summed E-state index contributed by atoms with van der Waals surface area (Å²) < 4.78 is 5.67. The fraction of sp³-hybridized carbons (Fsp3) is 0.667. The summed E-state index contributed by atoms with van der Waals surface area (Å²) in [5.74, 6) is -0.961. The van der Waals surface area contributed by atoms with Crippen molar-refractivity contribution >= 4 is 22.4 Å². The van der Waals surface area contributed by atoms with E-state index in [4.69, 9.17) is 9.84 Å². The van der Waals surface area contributed by atoms with Crippen LogP contribution in [0.2, 0.25) is 0 Å². The topological polar surface area (TPSA) is 62.7 Å². The third-order valence-electron chi connectivity index (χ3n) is 3.07. The molecule has 1 aliphatic heterocycles. The van der Waals surface area contributed by atoms with Crippen molar-refractivity contribution in [3.63, 3.8) is 0 Å². The number of carboxylic acids is 1. The Bertz CT molecular complexity index is 427. The van der Waals surface area contributed by atoms with E-state index in [-0.39, 0.29) is 11.8 Å². The Balaban J connectivity index is 2.01. The number of ether oxygens (including phenoxy) is 1. The van der Waals surface area contributed by atoms with Crippen LogP contribution in [0.1, 0.15) is 34.6 Å². The van der Waals surface area contributed by atoms with Gasteiger partial charge in [-0.1, -0.05) is 0 Å². The number of carboxylic acid groups (broad SMARTS) is 1. The summed E-state index contributed by atoms with van der Waals surface area (Å²) in [6.07, 6.45) is 3.65. The summed E-state index contributed by atoms with van der Waals surface area (Å²) in [7, 11) is 1.93. The van der Waals surface area contributed by atoms with Gasteiger partial charge in [0.15, 0.2) is 10.8 Å². The highest BCUT2D eigenvalue weighted by atomic mass is 32.1. The molecule has 0 spiro atoms. The number of anilines is 1. The molecule has 1 fully saturated rings. The molecule has 2 rings (SSSR count). The predicted octanol–water partition coefficient (Wildman–Crippen LogP) is 2.16. The van der Waals surface area contributed by atoms with Crippen molar-refractivity contribution in [2.24, 2.45) is 0 Å². The van der Waals surface area contributed by atoms with Crippen LogP contribution in [0.3, 0.4) is 0 Å². The molecule has 1 aromatic heterocycles. The third-order valence-corrected chi connectivity index (χ3v) is 4.15. The molecule has 0 radical (unpaired) electrons. The molecule has 6 heteroatoms. The van der Waals surface area contributed by atoms with E-state index < -0.39 is 5.97 Å². The lowest BCUT2D eigenvalue weighted by Gasteiger charge is -2.27. The first-order chi connectivity index (χ1) is 8.58. The van der Waals surface area contributed by atoms with E-state index in [1.54, 1.807) is 6.92 Å². The minimum atomic E-state index is -0.961. The Labute approximate surface area is 110 Å². The number of aryl methyl sites for hydroxylation is 1. The highest BCUT2D eigenvalue weighted by Crippen LogP contribution is 2.26. The summed E-state index contributed by atoms with van der Waals surface area (Å²) >= 11 is 1.42. The fourth-order valence-corrected chi connectivity index (χ4v) is 2.95. The van der Waals surface area contributed by atoms with Crippen LogP contribution in [-0.4, -0.2) is 42.4 Å². The van der Waals surface area contributed by atoms with Crippen LogP contribution in [0.5, 0.6) is 0 Å². The molecule has 0 bridgehead atoms. The van der Waals surface area contributed by atoms with Gasteiger partial charge >= 0.3 is 5.97 Å². The second-order valence-electron chi connectivity index (χ2n) is 4.58. The van der Waals surface area contributed by atoms with Crippen molar-refractivity contribution in [3.8, 4) is 0 Å². The van der Waals surface area contributed by atoms with E-state index in [0.29, 0.717) is 0 Å². The van der Waals surface area contributed by atoms with Gasteiger partial charge in [-0.05, 0) is 26.2 Å². The second-order valence-corrected chi connectivity index (χ2v) is 5.76. The number of rotatable bonds is 4. The Hall–Kier alpha value is -1.14. The van der Waals surface area contributed by atoms with Crippen molar-refractivity contribution in [1.82, 2.24) is 4.98 Å². The van der Waals surface area contributed by atoms with Crippen molar-refractivity contribution in [1.29, 1.82) is 0 Å². The number of aromatic nitrogens is 1. The number of carbonyl (C=O) groups is 1. The molecule has 100 valence electrons. The SMILES string of the molecule is Cc1sc(N(C)CC2CCCCO2)nc1C(=O)O. The monoisotopic (exact) mass is 270 g/mol. The number of nitrogens with zero attached hydrogens (tertiary/aromatic N) is 2. The first-order valence-electron chi connectivity index (χ1n) is 6.11. The highest BCUT2D eigenvalue weighted by Gasteiger charge is 2.20. The molecule has 18 heavy (non-hydrogen) atoms. The van der Waals surface area contributed by atoms with E-state index in [1.807, 2.05) is 11.9 Å². The Morgan fingerprint density at radius 3 is 2.94 bits per heavy atom. The largest absolute Gasteiger partial charge is 0.476 e. The highest BCUT2D eigenvalue weighted by molar-refractivity contribution is 7.15. The van der Waals surface area contributed by atoms with Gasteiger partial charge in [-0.15, -0.1) is 11.3 Å². The summed E-state index contributed by atoms with van der Waals surface area (Å²) in [5, 5.41) is 9.73. The second kappa shape index (κ2) is 5.67. The molecule has 2 heterocycles. The lowest BCUT2D eigenvalue weighted by Crippen LogP contribution is -2.33. The zero-order valence-corrected chi connectivity index (χ0v) is 11.5. The van der Waals surface area contributed by atoms with Crippen LogP contribution in [0.25, 0.3) is 0 Å². The van der Waals surface area contributed by atoms with Gasteiger partial charge in [0, 0.05) is 25.1 Å². The summed E-state index contributed by atoms with van der Waals surface area (Å²) in [6, 6.07) is 0. The maximum atomic E-state index is 10.9. The van der Waals surface area contributed by atoms with Crippen LogP contribution in [0, 0.1) is 6.92 Å². The average Bonchev–Trinajstić information content (AvgIpc) is 2.73. The van der Waals surface area contributed by atoms with Crippen molar-refractivity contribution in [2.45, 2.75) is 32.3 Å². The van der Waals surface area contributed by atoms with E-state index in [9.17, 15) is 4.79 Å². The van der Waals surface area contributed by atoms with Crippen LogP contribution in [0.4, 0.5) is 5.13 Å². The summed E-state index contributed by atoms with van der Waals surface area (Å²) in [6.45, 7) is 3.39. The van der Waals surface area contributed by atoms with Crippen LogP contribution >= 0.6 is 11.3 Å². The molecule has 1 atom stereocenters. The van der Waals surface area contributed by atoms with Gasteiger partial charge in [0.05, 0.1) is 6.10 Å². The normalized spacial score (nSPS) is 19.8. The molecule has 1 unspecified atom stereocenters. The minimum Gasteiger partial charge on any atom is -0.476 e. The molecule has 1 saturated heterocycles. The van der Waals surface area contributed by atoms with Crippen molar-refractivity contribution < 1.29 is 14.6 Å². The molecular weight excluding hydrogens is 252 g/mol. The van der Waals surface area contributed by atoms with E-state index in [1.165, 1.54) is 17.8 Å². The first-order valence-corrected chi connectivity index (χ1v) is 6.93. The van der Waals surface area contributed by atoms with Crippen LogP contribution in [0.15, 0.2) is 0 Å². The van der Waals surface area contributed by atoms with E-state index in [2.05, 4.69) is 4.98 Å². The number of aromatic carboxylic acids is 1. The quantitative estimate of drug-likeness (QED) is 0.908. The third kappa shape index (κ3) is 3.00. The molecular formula is C12H18N2O3S. The standard InChI is InChI=1S/C12H18N2O3S/c1-8-10(11(15)16)13-12(18-8)14(2)7-9-5-3-4-6-17-9/h9H,3-7H2,1-2H3,(H,15,16). The zero-order chi connectivity index (χ0) is 13.1. The zero-order valence-electron chi connectivity index (χ0n) is 10.7. The molecule has 0 aromatic carbocycles. The molecule has 0 saturated carbocycles. The van der Waals surface area contributed by atoms with Crippen LogP contribution in [-0.2, 0) is 4.74 Å². The number of hydrogen-bond donors (Lipinski definition) is 1. The summed E-state index contributed by atoms with van der Waals surface area (Å²) in [5.41, 5.74) is 0.159. The lowest BCUT2D eigenvalue weighted by atomic mass is 10.1. The molecule has 1 N–H and O–H groups in total. The first kappa shape index (κ1) is 13.3. The lowest BCUT2D eigenvalue weighted by molar-refractivity contribution is 0.0216. The van der Waals surface area contributed by atoms with E-state index >= 15 is 0 Å². The number of hydrogen-bond acceptors (Lipinski definition) is 5. The fourth-order valence-electron chi connectivity index (χ4n) is 2.08. The van der Waals surface area contributed by atoms with Crippen LogP contribution < -0.4 is 4.90 Å². The van der Waals surface area contributed by atoms with Gasteiger partial charge in [-0.25, -0.2) is 9.78 Å². The molecule has 0 aliphatic carbocycles. The molecule has 1 aliphatic rings. The Kier molecular flexibility index (Phi) is 4.19. The van der Waals surface area contributed by atoms with Gasteiger partial charge in [0.1, 0.15) is 0 Å². The van der Waals surface area contributed by atoms with Crippen molar-refractivity contribution in [3.05, 3.63) is 10.6 Å². The molecule has 5 nitrogen and oxygen atoms in total. The Morgan fingerprint density at radius 2 is 2.39 bits per heavy atom. The van der Waals surface area contributed by atoms with E-state index in [0.717, 1.165) is 36.0 Å². The Morgan fingerprint density at radius 1 is 1.61 bits per heavy atom. The maximum absolute atomic E-state index is 10.9. The van der Waals surface area contributed by atoms with Gasteiger partial charge in [0.2, 0.25) is 0 Å². The minimum absolute atomic E-state index is 0.159. The maximum Gasteiger partial charge on any atom is 0.355 e. The van der Waals surface area contributed by atoms with Crippen molar-refractivity contribution in [2.75, 3.05) is 25.1 Å². The summed E-state index contributed by atoms with van der Waals surface area (Å²) in [4.78, 5) is 17.8. The van der Waals surface area contributed by atoms with Gasteiger partial charge in [-0.3, -0.25) is 0 Å². The smallest absolute Gasteiger partial charge is 0.355 e. The molecule has 0 amide bonds. The molecule has 1 aromatic rings.